The number of carbonyl (C=O) groups is 1. The van der Waals surface area contributed by atoms with Crippen molar-refractivity contribution in [2.75, 3.05) is 6.54 Å². The fourth-order valence-corrected chi connectivity index (χ4v) is 1.79. The molecule has 1 rings (SSSR count). The maximum absolute atomic E-state index is 12.6. The van der Waals surface area contributed by atoms with E-state index in [0.29, 0.717) is 0 Å². The summed E-state index contributed by atoms with van der Waals surface area (Å²) in [6.45, 7) is 3.51. The summed E-state index contributed by atoms with van der Waals surface area (Å²) in [5, 5.41) is 0. The van der Waals surface area contributed by atoms with Crippen molar-refractivity contribution < 1.29 is 18.0 Å². The minimum atomic E-state index is -4.48. The van der Waals surface area contributed by atoms with E-state index in [4.69, 9.17) is 18.0 Å². The Hall–Kier alpha value is -1.63. The Morgan fingerprint density at radius 2 is 2.00 bits per heavy atom. The Morgan fingerprint density at radius 1 is 1.40 bits per heavy atom. The van der Waals surface area contributed by atoms with Crippen molar-refractivity contribution in [1.82, 2.24) is 4.90 Å². The highest BCUT2D eigenvalue weighted by Gasteiger charge is 2.31. The van der Waals surface area contributed by atoms with Crippen molar-refractivity contribution in [3.05, 3.63) is 35.4 Å². The third kappa shape index (κ3) is 4.19. The molecule has 0 saturated heterocycles. The summed E-state index contributed by atoms with van der Waals surface area (Å²) in [4.78, 5) is 13.7. The molecule has 7 heteroatoms. The molecule has 0 radical (unpaired) electrons. The smallest absolute Gasteiger partial charge is 0.392 e. The minimum Gasteiger partial charge on any atom is -0.392 e. The second kappa shape index (κ2) is 6.21. The van der Waals surface area contributed by atoms with Crippen LogP contribution in [-0.2, 0) is 6.18 Å². The van der Waals surface area contributed by atoms with Crippen LogP contribution in [0.2, 0.25) is 0 Å². The molecule has 0 spiro atoms. The van der Waals surface area contributed by atoms with Crippen molar-refractivity contribution in [3.63, 3.8) is 0 Å². The molecular weight excluding hydrogens is 289 g/mol. The van der Waals surface area contributed by atoms with Crippen LogP contribution in [0, 0.1) is 0 Å². The third-order valence-corrected chi connectivity index (χ3v) is 2.78. The van der Waals surface area contributed by atoms with Crippen LogP contribution >= 0.6 is 12.2 Å². The number of alkyl halides is 3. The number of thiocarbonyl (C=S) groups is 1. The molecule has 0 fully saturated rings. The highest BCUT2D eigenvalue weighted by molar-refractivity contribution is 7.80. The quantitative estimate of drug-likeness (QED) is 0.870. The molecule has 0 atom stereocenters. The molecule has 0 aromatic heterocycles. The highest BCUT2D eigenvalue weighted by Crippen LogP contribution is 2.29. The summed E-state index contributed by atoms with van der Waals surface area (Å²) < 4.78 is 37.9. The first-order valence-corrected chi connectivity index (χ1v) is 6.30. The number of carbonyl (C=O) groups excluding carboxylic acids is 1. The van der Waals surface area contributed by atoms with Crippen molar-refractivity contribution in [2.24, 2.45) is 5.73 Å². The molecule has 0 aliphatic carbocycles. The molecule has 0 saturated carbocycles. The standard InChI is InChI=1S/C13H15F3N2OS/c1-8(2)18(7-11(17)20)12(19)9-4-3-5-10(6-9)13(14,15)16/h3-6,8H,7H2,1-2H3,(H2,17,20). The van der Waals surface area contributed by atoms with Crippen LogP contribution in [0.1, 0.15) is 29.8 Å². The number of halogens is 3. The van der Waals surface area contributed by atoms with Gasteiger partial charge in [0.1, 0.15) is 0 Å². The summed E-state index contributed by atoms with van der Waals surface area (Å²) in [7, 11) is 0. The van der Waals surface area contributed by atoms with E-state index in [1.54, 1.807) is 13.8 Å². The Morgan fingerprint density at radius 3 is 2.45 bits per heavy atom. The molecule has 0 heterocycles. The zero-order valence-electron chi connectivity index (χ0n) is 11.1. The molecule has 0 bridgehead atoms. The normalized spacial score (nSPS) is 11.5. The van der Waals surface area contributed by atoms with Gasteiger partial charge in [-0.1, -0.05) is 18.3 Å². The number of hydrogen-bond acceptors (Lipinski definition) is 2. The molecule has 1 aromatic carbocycles. The highest BCUT2D eigenvalue weighted by atomic mass is 32.1. The average molecular weight is 304 g/mol. The van der Waals surface area contributed by atoms with Gasteiger partial charge in [0, 0.05) is 11.6 Å². The molecule has 1 aromatic rings. The van der Waals surface area contributed by atoms with Gasteiger partial charge < -0.3 is 10.6 Å². The maximum Gasteiger partial charge on any atom is 0.416 e. The average Bonchev–Trinajstić information content (AvgIpc) is 2.33. The first-order chi connectivity index (χ1) is 9.12. The lowest BCUT2D eigenvalue weighted by atomic mass is 10.1. The van der Waals surface area contributed by atoms with E-state index in [-0.39, 0.29) is 23.1 Å². The predicted molar refractivity (Wildman–Crippen MR) is 74.4 cm³/mol. The van der Waals surface area contributed by atoms with Crippen LogP contribution in [0.5, 0.6) is 0 Å². The van der Waals surface area contributed by atoms with Gasteiger partial charge in [-0.15, -0.1) is 0 Å². The largest absolute Gasteiger partial charge is 0.416 e. The first kappa shape index (κ1) is 16.4. The van der Waals surface area contributed by atoms with Gasteiger partial charge >= 0.3 is 6.18 Å². The summed E-state index contributed by atoms with van der Waals surface area (Å²) in [6, 6.07) is 4.07. The Labute approximate surface area is 120 Å². The van der Waals surface area contributed by atoms with Gasteiger partial charge in [0.2, 0.25) is 0 Å². The molecule has 110 valence electrons. The SMILES string of the molecule is CC(C)N(CC(N)=S)C(=O)c1cccc(C(F)(F)F)c1. The van der Waals surface area contributed by atoms with Gasteiger partial charge in [-0.2, -0.15) is 13.2 Å². The summed E-state index contributed by atoms with van der Waals surface area (Å²) in [5.74, 6) is -0.529. The first-order valence-electron chi connectivity index (χ1n) is 5.89. The van der Waals surface area contributed by atoms with Crippen molar-refractivity contribution >= 4 is 23.1 Å². The van der Waals surface area contributed by atoms with Crippen LogP contribution < -0.4 is 5.73 Å². The summed E-state index contributed by atoms with van der Waals surface area (Å²) >= 11 is 4.75. The topological polar surface area (TPSA) is 46.3 Å². The molecule has 20 heavy (non-hydrogen) atoms. The van der Waals surface area contributed by atoms with Crippen LogP contribution in [0.15, 0.2) is 24.3 Å². The van der Waals surface area contributed by atoms with E-state index in [2.05, 4.69) is 0 Å². The number of benzene rings is 1. The van der Waals surface area contributed by atoms with E-state index in [9.17, 15) is 18.0 Å². The molecule has 2 N–H and O–H groups in total. The number of nitrogens with two attached hydrogens (primary N) is 1. The van der Waals surface area contributed by atoms with Crippen LogP contribution in [-0.4, -0.2) is 28.4 Å². The predicted octanol–water partition coefficient (Wildman–Crippen LogP) is 2.84. The Bertz CT molecular complexity index is 515. The van der Waals surface area contributed by atoms with Crippen molar-refractivity contribution in [3.8, 4) is 0 Å². The van der Waals surface area contributed by atoms with Gasteiger partial charge in [-0.3, -0.25) is 4.79 Å². The summed E-state index contributed by atoms with van der Waals surface area (Å²) in [6.07, 6.45) is -4.48. The van der Waals surface area contributed by atoms with Crippen LogP contribution in [0.3, 0.4) is 0 Å². The van der Waals surface area contributed by atoms with Gasteiger partial charge in [-0.25, -0.2) is 0 Å². The Balaban J connectivity index is 3.09. The van der Waals surface area contributed by atoms with Gasteiger partial charge in [0.25, 0.3) is 5.91 Å². The van der Waals surface area contributed by atoms with E-state index in [0.717, 1.165) is 12.1 Å². The molecular formula is C13H15F3N2OS. The zero-order chi connectivity index (χ0) is 15.5. The number of hydrogen-bond donors (Lipinski definition) is 1. The lowest BCUT2D eigenvalue weighted by molar-refractivity contribution is -0.137. The fourth-order valence-electron chi connectivity index (χ4n) is 1.65. The fraction of sp³-hybridized carbons (Fsp3) is 0.385. The van der Waals surface area contributed by atoms with Crippen LogP contribution in [0.25, 0.3) is 0 Å². The van der Waals surface area contributed by atoms with Crippen molar-refractivity contribution in [2.45, 2.75) is 26.1 Å². The lowest BCUT2D eigenvalue weighted by Gasteiger charge is -2.26. The van der Waals surface area contributed by atoms with Gasteiger partial charge in [-0.05, 0) is 32.0 Å². The second-order valence-corrected chi connectivity index (χ2v) is 5.10. The number of rotatable bonds is 4. The molecule has 0 aliphatic heterocycles. The minimum absolute atomic E-state index is 0.0298. The Kier molecular flexibility index (Phi) is 5.10. The van der Waals surface area contributed by atoms with Gasteiger partial charge in [0.05, 0.1) is 17.1 Å². The molecule has 0 unspecified atom stereocenters. The van der Waals surface area contributed by atoms with Crippen molar-refractivity contribution in [1.29, 1.82) is 0 Å². The zero-order valence-corrected chi connectivity index (χ0v) is 11.9. The molecule has 0 aliphatic rings. The van der Waals surface area contributed by atoms with E-state index in [1.165, 1.54) is 17.0 Å². The maximum atomic E-state index is 12.6. The van der Waals surface area contributed by atoms with E-state index < -0.39 is 17.6 Å². The molecule has 3 nitrogen and oxygen atoms in total. The molecule has 1 amide bonds. The third-order valence-electron chi connectivity index (χ3n) is 2.65. The summed E-state index contributed by atoms with van der Waals surface area (Å²) in [5.41, 5.74) is 4.51. The second-order valence-electron chi connectivity index (χ2n) is 4.57. The van der Waals surface area contributed by atoms with E-state index >= 15 is 0 Å². The van der Waals surface area contributed by atoms with E-state index in [1.807, 2.05) is 0 Å². The lowest BCUT2D eigenvalue weighted by Crippen LogP contribution is -2.42. The monoisotopic (exact) mass is 304 g/mol. The van der Waals surface area contributed by atoms with Gasteiger partial charge in [0.15, 0.2) is 0 Å². The number of nitrogens with zero attached hydrogens (tertiary/aromatic N) is 1. The number of amides is 1. The van der Waals surface area contributed by atoms with Crippen LogP contribution in [0.4, 0.5) is 13.2 Å².